The first-order valence-electron chi connectivity index (χ1n) is 8.85. The van der Waals surface area contributed by atoms with Gasteiger partial charge in [-0.05, 0) is 45.7 Å². The fraction of sp³-hybridized carbons (Fsp3) is 0.526. The number of benzene rings is 1. The molecule has 0 aromatic heterocycles. The molecular formula is C19H26N2O5. The van der Waals surface area contributed by atoms with Crippen LogP contribution in [0.25, 0.3) is 0 Å². The number of amides is 2. The minimum Gasteiger partial charge on any atom is -0.452 e. The minimum atomic E-state index is -0.510. The standard InChI is InChI=1S/C19H26N2O5/c1-4-25-19(24)21-7-5-16(6-8-21)20-17(22)12-26-18(23)15-10-13(2)9-14(3)11-15/h9-11,16H,4-8,12H2,1-3H3,(H,20,22). The molecule has 142 valence electrons. The van der Waals surface area contributed by atoms with Gasteiger partial charge < -0.3 is 19.7 Å². The van der Waals surface area contributed by atoms with E-state index in [0.717, 1.165) is 11.1 Å². The molecule has 1 saturated heterocycles. The Labute approximate surface area is 153 Å². The summed E-state index contributed by atoms with van der Waals surface area (Å²) in [7, 11) is 0. The normalized spacial score (nSPS) is 14.7. The molecule has 7 heteroatoms. The number of esters is 1. The van der Waals surface area contributed by atoms with E-state index in [1.807, 2.05) is 19.9 Å². The van der Waals surface area contributed by atoms with Crippen molar-refractivity contribution in [1.82, 2.24) is 10.2 Å². The predicted molar refractivity (Wildman–Crippen MR) is 96.0 cm³/mol. The van der Waals surface area contributed by atoms with Crippen LogP contribution in [0.3, 0.4) is 0 Å². The molecule has 0 radical (unpaired) electrons. The molecule has 1 aromatic rings. The monoisotopic (exact) mass is 362 g/mol. The Morgan fingerprint density at radius 3 is 2.27 bits per heavy atom. The fourth-order valence-electron chi connectivity index (χ4n) is 3.00. The number of rotatable bonds is 5. The van der Waals surface area contributed by atoms with Crippen LogP contribution in [0.2, 0.25) is 0 Å². The SMILES string of the molecule is CCOC(=O)N1CCC(NC(=O)COC(=O)c2cc(C)cc(C)c2)CC1. The fourth-order valence-corrected chi connectivity index (χ4v) is 3.00. The highest BCUT2D eigenvalue weighted by Gasteiger charge is 2.24. The summed E-state index contributed by atoms with van der Waals surface area (Å²) >= 11 is 0. The summed E-state index contributed by atoms with van der Waals surface area (Å²) in [6.07, 6.45) is 0.977. The molecule has 0 atom stereocenters. The van der Waals surface area contributed by atoms with Crippen molar-refractivity contribution < 1.29 is 23.9 Å². The first-order valence-corrected chi connectivity index (χ1v) is 8.85. The maximum atomic E-state index is 12.1. The smallest absolute Gasteiger partial charge is 0.409 e. The van der Waals surface area contributed by atoms with Crippen molar-refractivity contribution in [1.29, 1.82) is 0 Å². The molecule has 0 aliphatic carbocycles. The van der Waals surface area contributed by atoms with Gasteiger partial charge in [-0.1, -0.05) is 17.2 Å². The van der Waals surface area contributed by atoms with Gasteiger partial charge in [-0.3, -0.25) is 4.79 Å². The molecule has 2 rings (SSSR count). The van der Waals surface area contributed by atoms with Gasteiger partial charge in [-0.25, -0.2) is 9.59 Å². The summed E-state index contributed by atoms with van der Waals surface area (Å²) in [6, 6.07) is 5.40. The van der Waals surface area contributed by atoms with Gasteiger partial charge >= 0.3 is 12.1 Å². The zero-order chi connectivity index (χ0) is 19.1. The average Bonchev–Trinajstić information content (AvgIpc) is 2.59. The topological polar surface area (TPSA) is 84.9 Å². The second-order valence-corrected chi connectivity index (χ2v) is 6.48. The van der Waals surface area contributed by atoms with Crippen LogP contribution < -0.4 is 5.32 Å². The van der Waals surface area contributed by atoms with Gasteiger partial charge in [-0.15, -0.1) is 0 Å². The Morgan fingerprint density at radius 1 is 1.08 bits per heavy atom. The molecule has 0 spiro atoms. The van der Waals surface area contributed by atoms with Gasteiger partial charge in [0.15, 0.2) is 6.61 Å². The van der Waals surface area contributed by atoms with Crippen LogP contribution in [-0.2, 0) is 14.3 Å². The molecule has 7 nitrogen and oxygen atoms in total. The molecule has 1 aliphatic heterocycles. The number of likely N-dealkylation sites (tertiary alicyclic amines) is 1. The lowest BCUT2D eigenvalue weighted by Gasteiger charge is -2.31. The van der Waals surface area contributed by atoms with E-state index in [1.165, 1.54) is 0 Å². The molecule has 1 aliphatic rings. The average molecular weight is 362 g/mol. The number of nitrogens with one attached hydrogen (secondary N) is 1. The second kappa shape index (κ2) is 9.22. The number of piperidine rings is 1. The lowest BCUT2D eigenvalue weighted by Crippen LogP contribution is -2.47. The number of carbonyl (C=O) groups is 3. The van der Waals surface area contributed by atoms with Crippen LogP contribution in [0.5, 0.6) is 0 Å². The molecule has 1 aromatic carbocycles. The van der Waals surface area contributed by atoms with Crippen molar-refractivity contribution in [2.45, 2.75) is 39.7 Å². The quantitative estimate of drug-likeness (QED) is 0.812. The molecule has 0 unspecified atom stereocenters. The number of carbonyl (C=O) groups excluding carboxylic acids is 3. The molecule has 2 amide bonds. The summed E-state index contributed by atoms with van der Waals surface area (Å²) in [5.41, 5.74) is 2.38. The summed E-state index contributed by atoms with van der Waals surface area (Å²) in [5, 5.41) is 2.84. The van der Waals surface area contributed by atoms with Gasteiger partial charge in [0, 0.05) is 19.1 Å². The lowest BCUT2D eigenvalue weighted by molar-refractivity contribution is -0.125. The van der Waals surface area contributed by atoms with Gasteiger partial charge in [0.05, 0.1) is 12.2 Å². The highest BCUT2D eigenvalue weighted by Crippen LogP contribution is 2.12. The van der Waals surface area contributed by atoms with Gasteiger partial charge in [0.1, 0.15) is 0 Å². The van der Waals surface area contributed by atoms with Crippen LogP contribution >= 0.6 is 0 Å². The van der Waals surface area contributed by atoms with Crippen molar-refractivity contribution >= 4 is 18.0 Å². The van der Waals surface area contributed by atoms with E-state index >= 15 is 0 Å². The van der Waals surface area contributed by atoms with E-state index in [9.17, 15) is 14.4 Å². The van der Waals surface area contributed by atoms with Crippen LogP contribution in [0.1, 0.15) is 41.3 Å². The summed E-state index contributed by atoms with van der Waals surface area (Å²) in [6.45, 7) is 6.67. The zero-order valence-electron chi connectivity index (χ0n) is 15.5. The third-order valence-electron chi connectivity index (χ3n) is 4.18. The second-order valence-electron chi connectivity index (χ2n) is 6.48. The largest absolute Gasteiger partial charge is 0.452 e. The molecular weight excluding hydrogens is 336 g/mol. The minimum absolute atomic E-state index is 0.0342. The van der Waals surface area contributed by atoms with Gasteiger partial charge in [0.2, 0.25) is 0 Å². The van der Waals surface area contributed by atoms with Crippen molar-refractivity contribution in [3.63, 3.8) is 0 Å². The van der Waals surface area contributed by atoms with Crippen LogP contribution in [0, 0.1) is 13.8 Å². The van der Waals surface area contributed by atoms with E-state index in [1.54, 1.807) is 24.0 Å². The van der Waals surface area contributed by atoms with Crippen molar-refractivity contribution in [2.75, 3.05) is 26.3 Å². The maximum absolute atomic E-state index is 12.1. The first kappa shape index (κ1) is 19.8. The Morgan fingerprint density at radius 2 is 1.69 bits per heavy atom. The Balaban J connectivity index is 1.74. The third-order valence-corrected chi connectivity index (χ3v) is 4.18. The van der Waals surface area contributed by atoms with E-state index in [4.69, 9.17) is 9.47 Å². The van der Waals surface area contributed by atoms with Crippen LogP contribution in [0.4, 0.5) is 4.79 Å². The third kappa shape index (κ3) is 5.75. The number of hydrogen-bond donors (Lipinski definition) is 1. The van der Waals surface area contributed by atoms with E-state index < -0.39 is 5.97 Å². The molecule has 1 fully saturated rings. The first-order chi connectivity index (χ1) is 12.4. The summed E-state index contributed by atoms with van der Waals surface area (Å²) in [5.74, 6) is -0.846. The molecule has 26 heavy (non-hydrogen) atoms. The number of ether oxygens (including phenoxy) is 2. The number of hydrogen-bond acceptors (Lipinski definition) is 5. The molecule has 0 saturated carbocycles. The van der Waals surface area contributed by atoms with Crippen molar-refractivity contribution in [2.24, 2.45) is 0 Å². The van der Waals surface area contributed by atoms with E-state index in [2.05, 4.69) is 5.32 Å². The molecule has 1 N–H and O–H groups in total. The van der Waals surface area contributed by atoms with Gasteiger partial charge in [0.25, 0.3) is 5.91 Å². The maximum Gasteiger partial charge on any atom is 0.409 e. The predicted octanol–water partition coefficient (Wildman–Crippen LogP) is 2.20. The van der Waals surface area contributed by atoms with Crippen LogP contribution in [-0.4, -0.2) is 55.2 Å². The Kier molecular flexibility index (Phi) is 7.00. The molecule has 1 heterocycles. The Hall–Kier alpha value is -2.57. The summed E-state index contributed by atoms with van der Waals surface area (Å²) < 4.78 is 10.1. The highest BCUT2D eigenvalue weighted by atomic mass is 16.6. The van der Waals surface area contributed by atoms with Crippen molar-refractivity contribution in [3.05, 3.63) is 34.9 Å². The van der Waals surface area contributed by atoms with Gasteiger partial charge in [-0.2, -0.15) is 0 Å². The lowest BCUT2D eigenvalue weighted by atomic mass is 10.1. The van der Waals surface area contributed by atoms with Crippen LogP contribution in [0.15, 0.2) is 18.2 Å². The summed E-state index contributed by atoms with van der Waals surface area (Å²) in [4.78, 5) is 37.3. The zero-order valence-corrected chi connectivity index (χ0v) is 15.5. The number of nitrogens with zero attached hydrogens (tertiary/aromatic N) is 1. The van der Waals surface area contributed by atoms with E-state index in [0.29, 0.717) is 38.1 Å². The van der Waals surface area contributed by atoms with Crippen molar-refractivity contribution in [3.8, 4) is 0 Å². The highest BCUT2D eigenvalue weighted by molar-refractivity contribution is 5.91. The Bertz CT molecular complexity index is 646. The van der Waals surface area contributed by atoms with E-state index in [-0.39, 0.29) is 24.6 Å². The number of aryl methyl sites for hydroxylation is 2. The molecule has 0 bridgehead atoms.